The molecule has 0 bridgehead atoms. The molecule has 0 aliphatic rings. The molecule has 0 saturated carbocycles. The van der Waals surface area contributed by atoms with E-state index < -0.39 is 0 Å². The summed E-state index contributed by atoms with van der Waals surface area (Å²) in [7, 11) is 0. The molecule has 1 aromatic carbocycles. The molecule has 0 unspecified atom stereocenters. The quantitative estimate of drug-likeness (QED) is 0.551. The molecule has 4 heteroatoms. The van der Waals surface area contributed by atoms with Crippen LogP contribution in [0.1, 0.15) is 18.5 Å². The van der Waals surface area contributed by atoms with Crippen LogP contribution in [0.2, 0.25) is 10.0 Å². The predicted molar refractivity (Wildman–Crippen MR) is 59.9 cm³/mol. The van der Waals surface area contributed by atoms with Gasteiger partial charge in [0.2, 0.25) is 0 Å². The molecule has 1 atom stereocenters. The standard InChI is InChI=1S/C9H7Cl2NS/c1-6(12-5-13)8-3-2-7(10)4-9(8)11/h2-4,6H,1H3/t6-/m1/s1. The summed E-state index contributed by atoms with van der Waals surface area (Å²) in [6.07, 6.45) is 0. The van der Waals surface area contributed by atoms with Gasteiger partial charge in [-0.25, -0.2) is 4.99 Å². The fraction of sp³-hybridized carbons (Fsp3) is 0.222. The third-order valence-corrected chi connectivity index (χ3v) is 2.33. The highest BCUT2D eigenvalue weighted by Gasteiger charge is 2.07. The third kappa shape index (κ3) is 2.78. The van der Waals surface area contributed by atoms with Crippen LogP contribution in [-0.4, -0.2) is 5.16 Å². The van der Waals surface area contributed by atoms with Crippen LogP contribution in [0.5, 0.6) is 0 Å². The average molecular weight is 232 g/mol. The van der Waals surface area contributed by atoms with E-state index in [9.17, 15) is 0 Å². The van der Waals surface area contributed by atoms with Gasteiger partial charge >= 0.3 is 0 Å². The first kappa shape index (κ1) is 10.7. The highest BCUT2D eigenvalue weighted by Crippen LogP contribution is 2.27. The van der Waals surface area contributed by atoms with E-state index in [4.69, 9.17) is 23.2 Å². The molecule has 1 rings (SSSR count). The van der Waals surface area contributed by atoms with Gasteiger partial charge in [0.05, 0.1) is 11.2 Å². The average Bonchev–Trinajstić information content (AvgIpc) is 2.04. The maximum atomic E-state index is 5.95. The summed E-state index contributed by atoms with van der Waals surface area (Å²) < 4.78 is 0. The van der Waals surface area contributed by atoms with Gasteiger partial charge in [0.25, 0.3) is 0 Å². The molecular weight excluding hydrogens is 225 g/mol. The Morgan fingerprint density at radius 2 is 2.15 bits per heavy atom. The van der Waals surface area contributed by atoms with Crippen molar-refractivity contribution in [3.8, 4) is 0 Å². The van der Waals surface area contributed by atoms with E-state index in [1.54, 1.807) is 12.1 Å². The van der Waals surface area contributed by atoms with Crippen molar-refractivity contribution in [2.24, 2.45) is 4.99 Å². The van der Waals surface area contributed by atoms with Crippen molar-refractivity contribution in [3.63, 3.8) is 0 Å². The number of isothiocyanates is 1. The van der Waals surface area contributed by atoms with Gasteiger partial charge in [0, 0.05) is 10.0 Å². The van der Waals surface area contributed by atoms with Gasteiger partial charge in [-0.2, -0.15) is 0 Å². The normalized spacial score (nSPS) is 11.9. The van der Waals surface area contributed by atoms with Crippen LogP contribution < -0.4 is 0 Å². The number of hydrogen-bond donors (Lipinski definition) is 0. The Kier molecular flexibility index (Phi) is 3.89. The van der Waals surface area contributed by atoms with E-state index in [2.05, 4.69) is 22.4 Å². The molecule has 0 N–H and O–H groups in total. The molecular formula is C9H7Cl2NS. The molecule has 0 radical (unpaired) electrons. The number of nitrogens with zero attached hydrogens (tertiary/aromatic N) is 1. The number of thiocarbonyl (C=S) groups is 1. The van der Waals surface area contributed by atoms with E-state index in [1.807, 2.05) is 13.0 Å². The molecule has 0 saturated heterocycles. The summed E-state index contributed by atoms with van der Waals surface area (Å²) >= 11 is 16.2. The fourth-order valence-corrected chi connectivity index (χ4v) is 1.71. The van der Waals surface area contributed by atoms with E-state index in [0.717, 1.165) is 5.56 Å². The van der Waals surface area contributed by atoms with Crippen molar-refractivity contribution in [1.29, 1.82) is 0 Å². The van der Waals surface area contributed by atoms with Crippen molar-refractivity contribution < 1.29 is 0 Å². The molecule has 1 aromatic rings. The molecule has 0 aromatic heterocycles. The molecule has 0 fully saturated rings. The van der Waals surface area contributed by atoms with Crippen LogP contribution in [0.4, 0.5) is 0 Å². The smallest absolute Gasteiger partial charge is 0.0838 e. The van der Waals surface area contributed by atoms with Gasteiger partial charge in [-0.1, -0.05) is 29.3 Å². The van der Waals surface area contributed by atoms with Crippen LogP contribution in [-0.2, 0) is 0 Å². The third-order valence-electron chi connectivity index (χ3n) is 1.66. The van der Waals surface area contributed by atoms with Crippen LogP contribution in [0, 0.1) is 0 Å². The van der Waals surface area contributed by atoms with E-state index in [-0.39, 0.29) is 6.04 Å². The van der Waals surface area contributed by atoms with Crippen LogP contribution in [0.15, 0.2) is 23.2 Å². The minimum absolute atomic E-state index is 0.0673. The first-order valence-corrected chi connectivity index (χ1v) is 4.83. The van der Waals surface area contributed by atoms with Crippen molar-refractivity contribution in [2.75, 3.05) is 0 Å². The lowest BCUT2D eigenvalue weighted by molar-refractivity contribution is 0.828. The van der Waals surface area contributed by atoms with Gasteiger partial charge < -0.3 is 0 Å². The van der Waals surface area contributed by atoms with E-state index in [1.165, 1.54) is 0 Å². The summed E-state index contributed by atoms with van der Waals surface area (Å²) in [6, 6.07) is 5.24. The molecule has 0 spiro atoms. The lowest BCUT2D eigenvalue weighted by Crippen LogP contribution is -1.89. The van der Waals surface area contributed by atoms with Gasteiger partial charge in [0.15, 0.2) is 0 Å². The summed E-state index contributed by atoms with van der Waals surface area (Å²) in [5.74, 6) is 0. The van der Waals surface area contributed by atoms with Crippen molar-refractivity contribution in [1.82, 2.24) is 0 Å². The highest BCUT2D eigenvalue weighted by atomic mass is 35.5. The van der Waals surface area contributed by atoms with E-state index in [0.29, 0.717) is 10.0 Å². The zero-order valence-corrected chi connectivity index (χ0v) is 9.25. The molecule has 0 aliphatic carbocycles. The summed E-state index contributed by atoms with van der Waals surface area (Å²) in [5, 5.41) is 3.55. The number of hydrogen-bond acceptors (Lipinski definition) is 2. The monoisotopic (exact) mass is 231 g/mol. The van der Waals surface area contributed by atoms with Gasteiger partial charge in [-0.15, -0.1) is 0 Å². The maximum Gasteiger partial charge on any atom is 0.0838 e. The molecule has 13 heavy (non-hydrogen) atoms. The van der Waals surface area contributed by atoms with Crippen LogP contribution >= 0.6 is 35.4 Å². The zero-order valence-electron chi connectivity index (χ0n) is 6.92. The Balaban J connectivity index is 3.08. The number of halogens is 2. The Hall–Kier alpha value is -0.400. The maximum absolute atomic E-state index is 5.95. The minimum atomic E-state index is -0.0673. The first-order chi connectivity index (χ1) is 6.15. The SMILES string of the molecule is C[C@@H](N=C=S)c1ccc(Cl)cc1Cl. The Morgan fingerprint density at radius 1 is 1.46 bits per heavy atom. The zero-order chi connectivity index (χ0) is 9.84. The first-order valence-electron chi connectivity index (χ1n) is 3.67. The number of benzene rings is 1. The predicted octanol–water partition coefficient (Wildman–Crippen LogP) is 4.16. The second-order valence-electron chi connectivity index (χ2n) is 2.56. The number of aliphatic imine (C=N–C) groups is 1. The topological polar surface area (TPSA) is 12.4 Å². The van der Waals surface area contributed by atoms with Crippen LogP contribution in [0.25, 0.3) is 0 Å². The Bertz CT molecular complexity index is 359. The minimum Gasteiger partial charge on any atom is -0.225 e. The fourth-order valence-electron chi connectivity index (χ4n) is 0.989. The van der Waals surface area contributed by atoms with Crippen molar-refractivity contribution in [2.45, 2.75) is 13.0 Å². The Labute approximate surface area is 92.4 Å². The van der Waals surface area contributed by atoms with Crippen LogP contribution in [0.3, 0.4) is 0 Å². The molecule has 0 amide bonds. The van der Waals surface area contributed by atoms with Gasteiger partial charge in [-0.3, -0.25) is 0 Å². The van der Waals surface area contributed by atoms with Crippen molar-refractivity contribution >= 4 is 40.6 Å². The lowest BCUT2D eigenvalue weighted by Gasteiger charge is -2.07. The largest absolute Gasteiger partial charge is 0.225 e. The van der Waals surface area contributed by atoms with E-state index >= 15 is 0 Å². The van der Waals surface area contributed by atoms with Gasteiger partial charge in [-0.05, 0) is 36.8 Å². The second-order valence-corrected chi connectivity index (χ2v) is 3.59. The second kappa shape index (κ2) is 4.73. The summed E-state index contributed by atoms with van der Waals surface area (Å²) in [6.45, 7) is 1.90. The van der Waals surface area contributed by atoms with Gasteiger partial charge in [0.1, 0.15) is 0 Å². The molecule has 0 heterocycles. The number of rotatable bonds is 2. The Morgan fingerprint density at radius 3 is 2.69 bits per heavy atom. The molecule has 0 aliphatic heterocycles. The molecule has 68 valence electrons. The lowest BCUT2D eigenvalue weighted by atomic mass is 10.1. The summed E-state index contributed by atoms with van der Waals surface area (Å²) in [5.41, 5.74) is 0.906. The van der Waals surface area contributed by atoms with Crippen molar-refractivity contribution in [3.05, 3.63) is 33.8 Å². The molecule has 1 nitrogen and oxygen atoms in total. The highest BCUT2D eigenvalue weighted by molar-refractivity contribution is 7.78. The summed E-state index contributed by atoms with van der Waals surface area (Å²) in [4.78, 5) is 3.92.